The third-order valence-electron chi connectivity index (χ3n) is 4.38. The lowest BCUT2D eigenvalue weighted by Gasteiger charge is -2.10. The number of carbonyl (C=O) groups excluding carboxylic acids is 1. The van der Waals surface area contributed by atoms with E-state index in [0.29, 0.717) is 17.9 Å². The normalized spacial score (nSPS) is 12.5. The SMILES string of the molecule is O=C(NCCSC(O)c1c[nH]c2ccccc12)c1c[nH]c2ccccc12. The summed E-state index contributed by atoms with van der Waals surface area (Å²) in [5.41, 5.74) is 2.84. The number of carbonyl (C=O) groups is 1. The van der Waals surface area contributed by atoms with Gasteiger partial charge in [-0.05, 0) is 12.1 Å². The third kappa shape index (κ3) is 3.21. The molecule has 0 spiro atoms. The van der Waals surface area contributed by atoms with Gasteiger partial charge in [0.05, 0.1) is 5.56 Å². The molecule has 2 aromatic heterocycles. The van der Waals surface area contributed by atoms with Crippen LogP contribution in [0.2, 0.25) is 0 Å². The van der Waals surface area contributed by atoms with Crippen LogP contribution >= 0.6 is 11.8 Å². The van der Waals surface area contributed by atoms with Crippen LogP contribution in [0.25, 0.3) is 21.8 Å². The van der Waals surface area contributed by atoms with Crippen molar-refractivity contribution in [2.75, 3.05) is 12.3 Å². The zero-order chi connectivity index (χ0) is 17.9. The number of amides is 1. The molecular formula is C20H19N3O2S. The molecule has 0 aliphatic rings. The van der Waals surface area contributed by atoms with Crippen LogP contribution in [0.3, 0.4) is 0 Å². The first kappa shape index (κ1) is 16.8. The van der Waals surface area contributed by atoms with Crippen molar-refractivity contribution in [2.24, 2.45) is 0 Å². The van der Waals surface area contributed by atoms with Gasteiger partial charge in [-0.2, -0.15) is 0 Å². The summed E-state index contributed by atoms with van der Waals surface area (Å²) in [7, 11) is 0. The van der Waals surface area contributed by atoms with Gasteiger partial charge in [-0.3, -0.25) is 4.79 Å². The number of aromatic nitrogens is 2. The fourth-order valence-electron chi connectivity index (χ4n) is 3.08. The summed E-state index contributed by atoms with van der Waals surface area (Å²) in [5, 5.41) is 15.3. The number of para-hydroxylation sites is 2. The Morgan fingerprint density at radius 1 is 1.00 bits per heavy atom. The topological polar surface area (TPSA) is 80.9 Å². The number of fused-ring (bicyclic) bond motifs is 2. The molecule has 0 radical (unpaired) electrons. The van der Waals surface area contributed by atoms with E-state index >= 15 is 0 Å². The van der Waals surface area contributed by atoms with Crippen molar-refractivity contribution in [3.8, 4) is 0 Å². The molecule has 1 amide bonds. The zero-order valence-electron chi connectivity index (χ0n) is 14.0. The van der Waals surface area contributed by atoms with Gasteiger partial charge in [0, 0.05) is 52.1 Å². The minimum absolute atomic E-state index is 0.107. The van der Waals surface area contributed by atoms with Crippen molar-refractivity contribution in [3.05, 3.63) is 72.1 Å². The van der Waals surface area contributed by atoms with Gasteiger partial charge in [-0.1, -0.05) is 36.4 Å². The summed E-state index contributed by atoms with van der Waals surface area (Å²) in [6.07, 6.45) is 3.57. The Kier molecular flexibility index (Phi) is 4.69. The summed E-state index contributed by atoms with van der Waals surface area (Å²) < 4.78 is 0. The Balaban J connectivity index is 1.33. The van der Waals surface area contributed by atoms with Gasteiger partial charge in [0.15, 0.2) is 0 Å². The van der Waals surface area contributed by atoms with Crippen LogP contribution in [0.5, 0.6) is 0 Å². The summed E-state index contributed by atoms with van der Waals surface area (Å²) >= 11 is 1.40. The monoisotopic (exact) mass is 365 g/mol. The van der Waals surface area contributed by atoms with Crippen molar-refractivity contribution in [1.29, 1.82) is 0 Å². The van der Waals surface area contributed by atoms with E-state index in [-0.39, 0.29) is 5.91 Å². The quantitative estimate of drug-likeness (QED) is 0.310. The van der Waals surface area contributed by atoms with Gasteiger partial charge in [0.2, 0.25) is 0 Å². The van der Waals surface area contributed by atoms with Gasteiger partial charge < -0.3 is 20.4 Å². The fourth-order valence-corrected chi connectivity index (χ4v) is 3.90. The van der Waals surface area contributed by atoms with Crippen LogP contribution in [0, 0.1) is 0 Å². The molecule has 6 heteroatoms. The largest absolute Gasteiger partial charge is 0.378 e. The first-order chi connectivity index (χ1) is 12.7. The Bertz CT molecular complexity index is 1050. The van der Waals surface area contributed by atoms with E-state index in [1.807, 2.05) is 54.7 Å². The number of thioether (sulfide) groups is 1. The molecule has 2 heterocycles. The average molecular weight is 365 g/mol. The average Bonchev–Trinajstić information content (AvgIpc) is 3.29. The second-order valence-corrected chi connectivity index (χ2v) is 7.20. The molecule has 1 unspecified atom stereocenters. The number of nitrogens with one attached hydrogen (secondary N) is 3. The summed E-state index contributed by atoms with van der Waals surface area (Å²) in [6, 6.07) is 15.6. The molecule has 0 aliphatic heterocycles. The third-order valence-corrected chi connectivity index (χ3v) is 5.39. The number of rotatable bonds is 6. The van der Waals surface area contributed by atoms with Crippen molar-refractivity contribution in [1.82, 2.24) is 15.3 Å². The smallest absolute Gasteiger partial charge is 0.253 e. The lowest BCUT2D eigenvalue weighted by molar-refractivity contribution is 0.0957. The van der Waals surface area contributed by atoms with Crippen LogP contribution in [0.4, 0.5) is 0 Å². The molecule has 4 aromatic rings. The fraction of sp³-hybridized carbons (Fsp3) is 0.150. The van der Waals surface area contributed by atoms with Crippen molar-refractivity contribution in [3.63, 3.8) is 0 Å². The number of H-pyrrole nitrogens is 2. The van der Waals surface area contributed by atoms with Crippen LogP contribution in [0.1, 0.15) is 21.4 Å². The number of aromatic amines is 2. The minimum atomic E-state index is -0.629. The predicted octanol–water partition coefficient (Wildman–Crippen LogP) is 3.80. The number of hydrogen-bond acceptors (Lipinski definition) is 3. The van der Waals surface area contributed by atoms with Crippen molar-refractivity contribution < 1.29 is 9.90 Å². The standard InChI is InChI=1S/C20H19N3O2S/c24-19(15-11-22-17-7-3-1-5-13(15)17)21-9-10-26-20(25)16-12-23-18-8-4-2-6-14(16)18/h1-8,11-12,20,22-23,25H,9-10H2,(H,21,24). The lowest BCUT2D eigenvalue weighted by atomic mass is 10.1. The second-order valence-electron chi connectivity index (χ2n) is 6.02. The Morgan fingerprint density at radius 3 is 2.46 bits per heavy atom. The molecule has 26 heavy (non-hydrogen) atoms. The molecule has 4 N–H and O–H groups in total. The highest BCUT2D eigenvalue weighted by molar-refractivity contribution is 7.99. The molecule has 5 nitrogen and oxygen atoms in total. The maximum atomic E-state index is 12.4. The van der Waals surface area contributed by atoms with Crippen LogP contribution in [0.15, 0.2) is 60.9 Å². The minimum Gasteiger partial charge on any atom is -0.378 e. The Morgan fingerprint density at radius 2 is 1.65 bits per heavy atom. The predicted molar refractivity (Wildman–Crippen MR) is 106 cm³/mol. The van der Waals surface area contributed by atoms with E-state index in [0.717, 1.165) is 27.4 Å². The summed E-state index contributed by atoms with van der Waals surface area (Å²) in [4.78, 5) is 18.6. The number of benzene rings is 2. The number of hydrogen-bond donors (Lipinski definition) is 4. The molecule has 4 rings (SSSR count). The van der Waals surface area contributed by atoms with E-state index in [9.17, 15) is 9.90 Å². The number of aliphatic hydroxyl groups is 1. The van der Waals surface area contributed by atoms with Gasteiger partial charge in [0.1, 0.15) is 5.44 Å². The maximum Gasteiger partial charge on any atom is 0.253 e. The van der Waals surface area contributed by atoms with Crippen LogP contribution in [-0.2, 0) is 0 Å². The molecule has 0 fully saturated rings. The summed E-state index contributed by atoms with van der Waals surface area (Å²) in [5.74, 6) is 0.513. The number of aliphatic hydroxyl groups excluding tert-OH is 1. The maximum absolute atomic E-state index is 12.4. The van der Waals surface area contributed by atoms with Gasteiger partial charge in [-0.25, -0.2) is 0 Å². The highest BCUT2D eigenvalue weighted by Gasteiger charge is 2.14. The van der Waals surface area contributed by atoms with Gasteiger partial charge in [-0.15, -0.1) is 11.8 Å². The van der Waals surface area contributed by atoms with E-state index in [4.69, 9.17) is 0 Å². The molecule has 0 saturated carbocycles. The Hall–Kier alpha value is -2.70. The van der Waals surface area contributed by atoms with Crippen LogP contribution < -0.4 is 5.32 Å². The highest BCUT2D eigenvalue weighted by Crippen LogP contribution is 2.31. The molecule has 0 saturated heterocycles. The van der Waals surface area contributed by atoms with E-state index in [2.05, 4.69) is 15.3 Å². The first-order valence-electron chi connectivity index (χ1n) is 8.44. The van der Waals surface area contributed by atoms with E-state index in [1.165, 1.54) is 11.8 Å². The van der Waals surface area contributed by atoms with Crippen molar-refractivity contribution in [2.45, 2.75) is 5.44 Å². The van der Waals surface area contributed by atoms with Crippen LogP contribution in [-0.4, -0.2) is 33.3 Å². The highest BCUT2D eigenvalue weighted by atomic mass is 32.2. The summed E-state index contributed by atoms with van der Waals surface area (Å²) in [6.45, 7) is 0.489. The molecular weight excluding hydrogens is 346 g/mol. The van der Waals surface area contributed by atoms with Gasteiger partial charge >= 0.3 is 0 Å². The van der Waals surface area contributed by atoms with Crippen molar-refractivity contribution >= 4 is 39.5 Å². The first-order valence-corrected chi connectivity index (χ1v) is 9.49. The molecule has 0 aliphatic carbocycles. The van der Waals surface area contributed by atoms with E-state index in [1.54, 1.807) is 6.20 Å². The zero-order valence-corrected chi connectivity index (χ0v) is 14.8. The lowest BCUT2D eigenvalue weighted by Crippen LogP contribution is -2.25. The Labute approximate surface area is 154 Å². The molecule has 1 atom stereocenters. The molecule has 2 aromatic carbocycles. The molecule has 132 valence electrons. The van der Waals surface area contributed by atoms with Gasteiger partial charge in [0.25, 0.3) is 5.91 Å². The van der Waals surface area contributed by atoms with E-state index < -0.39 is 5.44 Å². The molecule has 0 bridgehead atoms. The second kappa shape index (κ2) is 7.27.